The molecule has 1 aromatic carbocycles. The smallest absolute Gasteiger partial charge is 0.375 e. The highest BCUT2D eigenvalue weighted by Crippen LogP contribution is 2.31. The zero-order valence-corrected chi connectivity index (χ0v) is 16.9. The van der Waals surface area contributed by atoms with Crippen molar-refractivity contribution in [1.29, 1.82) is 0 Å². The summed E-state index contributed by atoms with van der Waals surface area (Å²) in [5.74, 6) is -1.08. The number of nitrogens with one attached hydrogen (secondary N) is 2. The van der Waals surface area contributed by atoms with Gasteiger partial charge in [0.25, 0.3) is 0 Å². The van der Waals surface area contributed by atoms with Crippen LogP contribution in [0.15, 0.2) is 42.6 Å². The predicted octanol–water partition coefficient (Wildman–Crippen LogP) is 1.77. The largest absolute Gasteiger partial charge is 0.478 e. The molecule has 28 heavy (non-hydrogen) atoms. The van der Waals surface area contributed by atoms with Crippen molar-refractivity contribution in [3.63, 3.8) is 0 Å². The SMILES string of the molecule is CC1C[N@@+](c2cccc(Cl)c2)(S(=O)(=O)NCc2ccc(C(=O)O)cn2)CCN1. The summed E-state index contributed by atoms with van der Waals surface area (Å²) in [4.78, 5) is 14.9. The van der Waals surface area contributed by atoms with Crippen LogP contribution in [-0.4, -0.2) is 50.2 Å². The molecule has 0 saturated carbocycles. The van der Waals surface area contributed by atoms with Crippen molar-refractivity contribution in [1.82, 2.24) is 18.9 Å². The van der Waals surface area contributed by atoms with Gasteiger partial charge in [-0.1, -0.05) is 17.7 Å². The number of benzene rings is 1. The summed E-state index contributed by atoms with van der Waals surface area (Å²) in [5.41, 5.74) is 1.08. The molecule has 1 saturated heterocycles. The third-order valence-corrected chi connectivity index (χ3v) is 6.99. The molecule has 0 aliphatic carbocycles. The van der Waals surface area contributed by atoms with Gasteiger partial charge in [0.2, 0.25) is 0 Å². The fourth-order valence-electron chi connectivity index (χ4n) is 3.36. The number of piperazine rings is 1. The first-order chi connectivity index (χ1) is 13.2. The molecule has 10 heteroatoms. The highest BCUT2D eigenvalue weighted by Gasteiger charge is 2.47. The normalized spacial score (nSPS) is 22.7. The van der Waals surface area contributed by atoms with Crippen molar-refractivity contribution in [2.24, 2.45) is 0 Å². The number of nitrogens with zero attached hydrogens (tertiary/aromatic N) is 2. The number of pyridine rings is 1. The molecule has 2 atom stereocenters. The van der Waals surface area contributed by atoms with E-state index >= 15 is 0 Å². The Morgan fingerprint density at radius 2 is 2.18 bits per heavy atom. The summed E-state index contributed by atoms with van der Waals surface area (Å²) in [5, 5.41) is 12.7. The lowest BCUT2D eigenvalue weighted by Gasteiger charge is -2.41. The minimum Gasteiger partial charge on any atom is -0.478 e. The van der Waals surface area contributed by atoms with Crippen LogP contribution < -0.4 is 13.9 Å². The van der Waals surface area contributed by atoms with Crippen molar-refractivity contribution in [2.75, 3.05) is 19.6 Å². The van der Waals surface area contributed by atoms with Crippen LogP contribution in [0.4, 0.5) is 5.69 Å². The number of carboxylic acid groups (broad SMARTS) is 1. The van der Waals surface area contributed by atoms with Crippen LogP contribution in [0, 0.1) is 0 Å². The van der Waals surface area contributed by atoms with Crippen LogP contribution in [0.25, 0.3) is 0 Å². The monoisotopic (exact) mass is 425 g/mol. The molecular weight excluding hydrogens is 404 g/mol. The average molecular weight is 426 g/mol. The van der Waals surface area contributed by atoms with E-state index in [4.69, 9.17) is 16.7 Å². The number of halogens is 1. The Balaban J connectivity index is 1.89. The van der Waals surface area contributed by atoms with Gasteiger partial charge in [-0.05, 0) is 25.1 Å². The van der Waals surface area contributed by atoms with Crippen LogP contribution in [0.1, 0.15) is 23.0 Å². The van der Waals surface area contributed by atoms with Crippen LogP contribution in [0.2, 0.25) is 5.02 Å². The van der Waals surface area contributed by atoms with Gasteiger partial charge in [0.05, 0.1) is 23.8 Å². The van der Waals surface area contributed by atoms with Gasteiger partial charge in [-0.3, -0.25) is 4.98 Å². The lowest BCUT2D eigenvalue weighted by Crippen LogP contribution is -2.68. The van der Waals surface area contributed by atoms with E-state index in [2.05, 4.69) is 15.0 Å². The van der Waals surface area contributed by atoms with Crippen molar-refractivity contribution in [3.05, 3.63) is 58.9 Å². The molecular formula is C18H22ClN4O4S+. The summed E-state index contributed by atoms with van der Waals surface area (Å²) < 4.78 is 29.1. The lowest BCUT2D eigenvalue weighted by atomic mass is 10.2. The number of carbonyl (C=O) groups is 1. The highest BCUT2D eigenvalue weighted by molar-refractivity contribution is 7.89. The second-order valence-electron chi connectivity index (χ2n) is 6.77. The average Bonchev–Trinajstić information content (AvgIpc) is 2.66. The van der Waals surface area contributed by atoms with E-state index in [1.807, 2.05) is 6.92 Å². The number of hydrogen-bond acceptors (Lipinski definition) is 5. The van der Waals surface area contributed by atoms with E-state index in [9.17, 15) is 13.2 Å². The van der Waals surface area contributed by atoms with Gasteiger partial charge in [-0.15, -0.1) is 0 Å². The zero-order chi connectivity index (χ0) is 20.4. The number of carboxylic acids is 1. The molecule has 1 fully saturated rings. The standard InChI is InChI=1S/C18H21ClN4O4S/c1-13-12-23(8-7-20-13,17-4-2-3-15(19)9-17)28(26,27)22-11-16-6-5-14(10-21-16)18(24)25/h2-6,9-10,13,20,22H,7-8,11-12H2,1H3/p+1/t13?,23-/m0/s1. The van der Waals surface area contributed by atoms with Gasteiger partial charge in [-0.2, -0.15) is 17.0 Å². The van der Waals surface area contributed by atoms with Crippen LogP contribution in [0.5, 0.6) is 0 Å². The van der Waals surface area contributed by atoms with Crippen molar-refractivity contribution < 1.29 is 18.3 Å². The third kappa shape index (κ3) is 4.18. The zero-order valence-electron chi connectivity index (χ0n) is 15.3. The van der Waals surface area contributed by atoms with E-state index in [0.29, 0.717) is 36.0 Å². The third-order valence-electron chi connectivity index (χ3n) is 4.78. The van der Waals surface area contributed by atoms with Crippen LogP contribution >= 0.6 is 11.6 Å². The maximum absolute atomic E-state index is 13.4. The highest BCUT2D eigenvalue weighted by atomic mass is 35.5. The number of aromatic nitrogens is 1. The Bertz CT molecular complexity index is 968. The van der Waals surface area contributed by atoms with E-state index in [-0.39, 0.29) is 22.0 Å². The number of aromatic carboxylic acids is 1. The quantitative estimate of drug-likeness (QED) is 0.608. The summed E-state index contributed by atoms with van der Waals surface area (Å²) in [6.07, 6.45) is 1.21. The summed E-state index contributed by atoms with van der Waals surface area (Å²) in [7, 11) is -3.84. The first-order valence-electron chi connectivity index (χ1n) is 8.78. The Morgan fingerprint density at radius 1 is 1.39 bits per heavy atom. The molecule has 0 radical (unpaired) electrons. The second kappa shape index (κ2) is 8.14. The molecule has 1 aromatic heterocycles. The summed E-state index contributed by atoms with van der Waals surface area (Å²) in [6, 6.07) is 9.79. The molecule has 1 unspecified atom stereocenters. The number of hydrogen-bond donors (Lipinski definition) is 3. The number of quaternary nitrogens is 1. The Kier molecular flexibility index (Phi) is 6.01. The molecule has 1 aliphatic heterocycles. The Morgan fingerprint density at radius 3 is 2.79 bits per heavy atom. The van der Waals surface area contributed by atoms with Crippen LogP contribution in [-0.2, 0) is 16.8 Å². The van der Waals surface area contributed by atoms with Gasteiger partial charge in [-0.25, -0.2) is 4.79 Å². The predicted molar refractivity (Wildman–Crippen MR) is 107 cm³/mol. The molecule has 150 valence electrons. The van der Waals surface area contributed by atoms with Crippen molar-refractivity contribution in [2.45, 2.75) is 19.5 Å². The first kappa shape index (κ1) is 20.7. The van der Waals surface area contributed by atoms with Gasteiger partial charge in [0.15, 0.2) is 5.69 Å². The van der Waals surface area contributed by atoms with E-state index in [0.717, 1.165) is 0 Å². The van der Waals surface area contributed by atoms with E-state index in [1.54, 1.807) is 24.3 Å². The Labute approximate surface area is 168 Å². The molecule has 3 rings (SSSR count). The second-order valence-corrected chi connectivity index (χ2v) is 9.14. The molecule has 2 heterocycles. The van der Waals surface area contributed by atoms with Gasteiger partial charge < -0.3 is 10.4 Å². The van der Waals surface area contributed by atoms with E-state index < -0.39 is 16.2 Å². The minimum absolute atomic E-state index is 0.00252. The fraction of sp³-hybridized carbons (Fsp3) is 0.333. The maximum Gasteiger partial charge on any atom is 0.375 e. The lowest BCUT2D eigenvalue weighted by molar-refractivity contribution is 0.0696. The van der Waals surface area contributed by atoms with Crippen LogP contribution in [0.3, 0.4) is 0 Å². The molecule has 0 spiro atoms. The fourth-order valence-corrected chi connectivity index (χ4v) is 5.26. The van der Waals surface area contributed by atoms with Gasteiger partial charge in [0, 0.05) is 29.9 Å². The van der Waals surface area contributed by atoms with Crippen molar-refractivity contribution in [3.8, 4) is 0 Å². The Hall–Kier alpha value is -2.04. The molecule has 0 bridgehead atoms. The van der Waals surface area contributed by atoms with Crippen molar-refractivity contribution >= 4 is 33.5 Å². The molecule has 1 aliphatic rings. The topological polar surface area (TPSA) is 108 Å². The summed E-state index contributed by atoms with van der Waals surface area (Å²) >= 11 is 6.13. The van der Waals surface area contributed by atoms with Gasteiger partial charge in [0.1, 0.15) is 13.1 Å². The first-order valence-corrected chi connectivity index (χ1v) is 10.6. The minimum atomic E-state index is -3.84. The number of rotatable bonds is 6. The molecule has 3 N–H and O–H groups in total. The maximum atomic E-state index is 13.4. The molecule has 0 amide bonds. The van der Waals surface area contributed by atoms with Gasteiger partial charge >= 0.3 is 16.2 Å². The molecule has 8 nitrogen and oxygen atoms in total. The molecule has 2 aromatic rings. The van der Waals surface area contributed by atoms with E-state index in [1.165, 1.54) is 18.3 Å². The summed E-state index contributed by atoms with van der Waals surface area (Å²) in [6.45, 7) is 3.15.